The second kappa shape index (κ2) is 7.46. The topological polar surface area (TPSA) is 111 Å². The molecule has 0 aliphatic rings. The number of rotatable bonds is 4. The summed E-state index contributed by atoms with van der Waals surface area (Å²) >= 11 is 5.06. The zero-order valence-corrected chi connectivity index (χ0v) is 14.0. The molecule has 0 saturated carbocycles. The monoisotopic (exact) mass is 347 g/mol. The Morgan fingerprint density at radius 2 is 2.09 bits per heavy atom. The Bertz CT molecular complexity index is 687. The van der Waals surface area contributed by atoms with E-state index in [4.69, 9.17) is 22.2 Å². The average molecular weight is 348 g/mol. The number of nitrogens with zero attached hydrogens (tertiary/aromatic N) is 1. The van der Waals surface area contributed by atoms with E-state index in [2.05, 4.69) is 9.83 Å². The quantitative estimate of drug-likeness (QED) is 0.638. The smallest absolute Gasteiger partial charge is 0.414 e. The van der Waals surface area contributed by atoms with Crippen molar-refractivity contribution in [1.82, 2.24) is 5.32 Å². The van der Waals surface area contributed by atoms with Crippen LogP contribution >= 0.6 is 11.8 Å². The van der Waals surface area contributed by atoms with Gasteiger partial charge in [-0.3, -0.25) is 5.32 Å². The summed E-state index contributed by atoms with van der Waals surface area (Å²) in [5.41, 5.74) is 6.46. The molecule has 0 fully saturated rings. The van der Waals surface area contributed by atoms with Crippen molar-refractivity contribution in [2.45, 2.75) is 31.3 Å². The molecule has 22 heavy (non-hydrogen) atoms. The molecule has 1 rings (SSSR count). The van der Waals surface area contributed by atoms with E-state index in [-0.39, 0.29) is 23.4 Å². The van der Waals surface area contributed by atoms with Gasteiger partial charge in [0.1, 0.15) is 6.61 Å². The summed E-state index contributed by atoms with van der Waals surface area (Å²) in [5, 5.41) is 2.09. The van der Waals surface area contributed by atoms with Crippen molar-refractivity contribution in [3.8, 4) is 0 Å². The number of nitrogens with two attached hydrogens (primary N) is 1. The van der Waals surface area contributed by atoms with Gasteiger partial charge in [0.2, 0.25) is 5.96 Å². The highest BCUT2D eigenvalue weighted by Crippen LogP contribution is 2.25. The van der Waals surface area contributed by atoms with Gasteiger partial charge in [-0.25, -0.2) is 13.2 Å². The number of hydrogen-bond acceptors (Lipinski definition) is 5. The summed E-state index contributed by atoms with van der Waals surface area (Å²) < 4.78 is 31.7. The van der Waals surface area contributed by atoms with Crippen molar-refractivity contribution in [3.05, 3.63) is 29.3 Å². The van der Waals surface area contributed by atoms with Crippen LogP contribution in [0.1, 0.15) is 30.9 Å². The second-order valence-electron chi connectivity index (χ2n) is 4.97. The van der Waals surface area contributed by atoms with Gasteiger partial charge in [-0.1, -0.05) is 26.0 Å². The molecule has 0 radical (unpaired) electrons. The van der Waals surface area contributed by atoms with Crippen molar-refractivity contribution in [3.63, 3.8) is 0 Å². The lowest BCUT2D eigenvalue weighted by Crippen LogP contribution is -2.36. The zero-order chi connectivity index (χ0) is 16.9. The van der Waals surface area contributed by atoms with Gasteiger partial charge >= 0.3 is 6.09 Å². The molecule has 0 heterocycles. The first-order valence-electron chi connectivity index (χ1n) is 6.36. The number of sulfone groups is 1. The van der Waals surface area contributed by atoms with E-state index in [1.54, 1.807) is 12.1 Å². The molecule has 0 aromatic heterocycles. The van der Waals surface area contributed by atoms with Gasteiger partial charge < -0.3 is 10.5 Å². The summed E-state index contributed by atoms with van der Waals surface area (Å²) in [5.74, 6) is -0.235. The second-order valence-corrected chi connectivity index (χ2v) is 7.12. The zero-order valence-electron chi connectivity index (χ0n) is 12.5. The highest BCUT2D eigenvalue weighted by Gasteiger charge is 2.16. The third-order valence-electron chi connectivity index (χ3n) is 2.79. The van der Waals surface area contributed by atoms with Gasteiger partial charge in [-0.05, 0) is 23.1 Å². The van der Waals surface area contributed by atoms with Crippen LogP contribution in [-0.4, -0.2) is 26.7 Å². The molecule has 0 spiro atoms. The van der Waals surface area contributed by atoms with Crippen LogP contribution in [0, 0.1) is 0 Å². The highest BCUT2D eigenvalue weighted by molar-refractivity contribution is 7.90. The van der Waals surface area contributed by atoms with Gasteiger partial charge in [-0.2, -0.15) is 0 Å². The van der Waals surface area contributed by atoms with Crippen LogP contribution in [0.4, 0.5) is 4.79 Å². The lowest BCUT2D eigenvalue weighted by Gasteiger charge is -2.13. The maximum Gasteiger partial charge on any atom is 0.414 e. The summed E-state index contributed by atoms with van der Waals surface area (Å²) in [4.78, 5) is 11.6. The number of hydrogen-bond donors (Lipinski definition) is 2. The van der Waals surface area contributed by atoms with Crippen LogP contribution in [0.2, 0.25) is 0 Å². The predicted octanol–water partition coefficient (Wildman–Crippen LogP) is 1.91. The molecular weight excluding hydrogens is 330 g/mol. The first kappa shape index (κ1) is 18.2. The lowest BCUT2D eigenvalue weighted by atomic mass is 10.0. The maximum absolute atomic E-state index is 11.9. The third kappa shape index (κ3) is 5.19. The van der Waals surface area contributed by atoms with Crippen molar-refractivity contribution in [2.24, 2.45) is 10.2 Å². The number of guanidine groups is 1. The molecule has 9 heteroatoms. The Morgan fingerprint density at radius 1 is 1.45 bits per heavy atom. The molecule has 0 aliphatic carbocycles. The minimum Gasteiger partial charge on any atom is -0.444 e. The lowest BCUT2D eigenvalue weighted by molar-refractivity contribution is 0.145. The fraction of sp³-hybridized carbons (Fsp3) is 0.385. The van der Waals surface area contributed by atoms with Gasteiger partial charge in [-0.15, -0.1) is 4.51 Å². The molecule has 122 valence electrons. The molecule has 0 saturated heterocycles. The van der Waals surface area contributed by atoms with Gasteiger partial charge in [0.15, 0.2) is 9.84 Å². The van der Waals surface area contributed by atoms with Crippen molar-refractivity contribution in [1.29, 1.82) is 0 Å². The first-order valence-corrected chi connectivity index (χ1v) is 8.59. The molecule has 0 aliphatic heterocycles. The number of ether oxygens (including phenoxy) is 1. The molecule has 0 unspecified atom stereocenters. The number of nitrogens with one attached hydrogen (secondary N) is 1. The summed E-state index contributed by atoms with van der Waals surface area (Å²) in [6, 6.07) is 4.92. The molecule has 7 nitrogen and oxygen atoms in total. The maximum atomic E-state index is 11.9. The molecule has 1 amide bonds. The highest BCUT2D eigenvalue weighted by atomic mass is 35.5. The summed E-state index contributed by atoms with van der Waals surface area (Å²) in [6.07, 6.45) is 0.305. The number of carbonyl (C=O) groups is 1. The SMILES string of the molecule is CC(C)c1ccc(COC(=O)NC(N)=NCl)cc1S(C)(=O)=O. The molecular formula is C13H18ClN3O4S. The Kier molecular flexibility index (Phi) is 6.19. The minimum absolute atomic E-state index is 0.0581. The van der Waals surface area contributed by atoms with E-state index in [0.29, 0.717) is 11.1 Å². The third-order valence-corrected chi connectivity index (χ3v) is 4.13. The largest absolute Gasteiger partial charge is 0.444 e. The van der Waals surface area contributed by atoms with Crippen molar-refractivity contribution >= 4 is 33.7 Å². The fourth-order valence-corrected chi connectivity index (χ4v) is 2.92. The van der Waals surface area contributed by atoms with Crippen LogP contribution in [0.3, 0.4) is 0 Å². The Morgan fingerprint density at radius 3 is 2.59 bits per heavy atom. The Hall–Kier alpha value is -1.80. The minimum atomic E-state index is -3.38. The van der Waals surface area contributed by atoms with Gasteiger partial charge in [0.05, 0.1) is 4.90 Å². The van der Waals surface area contributed by atoms with Gasteiger partial charge in [0, 0.05) is 18.0 Å². The molecule has 0 bridgehead atoms. The fourth-order valence-electron chi connectivity index (χ4n) is 1.78. The van der Waals surface area contributed by atoms with Gasteiger partial charge in [0.25, 0.3) is 0 Å². The van der Waals surface area contributed by atoms with Crippen LogP contribution in [0.5, 0.6) is 0 Å². The van der Waals surface area contributed by atoms with E-state index in [1.807, 2.05) is 13.8 Å². The van der Waals surface area contributed by atoms with E-state index in [9.17, 15) is 13.2 Å². The normalized spacial score (nSPS) is 12.3. The average Bonchev–Trinajstić information content (AvgIpc) is 2.43. The Labute approximate surface area is 134 Å². The molecule has 1 aromatic carbocycles. The number of carbonyl (C=O) groups excluding carboxylic acids is 1. The van der Waals surface area contributed by atoms with Crippen molar-refractivity contribution < 1.29 is 17.9 Å². The Balaban J connectivity index is 2.92. The number of alkyl carbamates (subject to hydrolysis) is 1. The first-order chi connectivity index (χ1) is 10.1. The summed E-state index contributed by atoms with van der Waals surface area (Å²) in [6.45, 7) is 3.70. The van der Waals surface area contributed by atoms with E-state index in [1.165, 1.54) is 6.07 Å². The number of halogens is 1. The van der Waals surface area contributed by atoms with E-state index >= 15 is 0 Å². The van der Waals surface area contributed by atoms with Crippen LogP contribution in [-0.2, 0) is 21.2 Å². The summed E-state index contributed by atoms with van der Waals surface area (Å²) in [7, 11) is -3.38. The molecule has 0 atom stereocenters. The number of benzene rings is 1. The predicted molar refractivity (Wildman–Crippen MR) is 84.4 cm³/mol. The van der Waals surface area contributed by atoms with Crippen LogP contribution < -0.4 is 11.1 Å². The molecule has 1 aromatic rings. The number of amides is 1. The van der Waals surface area contributed by atoms with Crippen LogP contribution in [0.15, 0.2) is 27.6 Å². The molecule has 3 N–H and O–H groups in total. The van der Waals surface area contributed by atoms with E-state index < -0.39 is 15.9 Å². The van der Waals surface area contributed by atoms with Crippen molar-refractivity contribution in [2.75, 3.05) is 6.26 Å². The van der Waals surface area contributed by atoms with E-state index in [0.717, 1.165) is 6.26 Å². The standard InChI is InChI=1S/C13H18ClN3O4S/c1-8(2)10-5-4-9(6-11(10)22(3,19)20)7-21-13(18)16-12(15)17-14/h4-6,8H,7H2,1-3H3,(H3,15,16,17,18). The van der Waals surface area contributed by atoms with Crippen LogP contribution in [0.25, 0.3) is 0 Å².